The molecule has 1 amide bonds. The number of aryl methyl sites for hydroxylation is 3. The van der Waals surface area contributed by atoms with Crippen LogP contribution in [-0.4, -0.2) is 24.8 Å². The Morgan fingerprint density at radius 3 is 2.33 bits per heavy atom. The molecule has 0 radical (unpaired) electrons. The molecule has 0 unspecified atom stereocenters. The maximum atomic E-state index is 12.6. The predicted octanol–water partition coefficient (Wildman–Crippen LogP) is 1.81. The molecule has 3 rings (SSSR count). The number of aromatic nitrogens is 4. The zero-order chi connectivity index (χ0) is 17.4. The van der Waals surface area contributed by atoms with Crippen LogP contribution in [0.15, 0.2) is 29.1 Å². The average molecular weight is 327 g/mol. The molecule has 0 saturated heterocycles. The van der Waals surface area contributed by atoms with E-state index in [1.165, 1.54) is 4.57 Å². The van der Waals surface area contributed by atoms with Gasteiger partial charge in [-0.3, -0.25) is 18.6 Å². The van der Waals surface area contributed by atoms with Crippen molar-refractivity contribution in [3.05, 3.63) is 46.1 Å². The highest BCUT2D eigenvalue weighted by atomic mass is 16.2. The van der Waals surface area contributed by atoms with Crippen LogP contribution in [0, 0.1) is 13.8 Å². The predicted molar refractivity (Wildman–Crippen MR) is 93.2 cm³/mol. The molecule has 0 bridgehead atoms. The van der Waals surface area contributed by atoms with E-state index in [9.17, 15) is 9.59 Å². The van der Waals surface area contributed by atoms with Crippen LogP contribution >= 0.6 is 0 Å². The van der Waals surface area contributed by atoms with E-state index >= 15 is 0 Å². The topological polar surface area (TPSA) is 73.8 Å². The molecule has 0 saturated carbocycles. The Labute approximate surface area is 139 Å². The Hall–Kier alpha value is -2.83. The van der Waals surface area contributed by atoms with E-state index in [4.69, 9.17) is 0 Å². The first-order valence-corrected chi connectivity index (χ1v) is 7.92. The first-order chi connectivity index (χ1) is 11.4. The number of hydrogen-bond acceptors (Lipinski definition) is 3. The maximum absolute atomic E-state index is 12.6. The quantitative estimate of drug-likeness (QED) is 0.794. The van der Waals surface area contributed by atoms with Gasteiger partial charge < -0.3 is 5.32 Å². The van der Waals surface area contributed by atoms with Gasteiger partial charge in [0.25, 0.3) is 0 Å². The number of imidazole rings is 1. The van der Waals surface area contributed by atoms with Crippen molar-refractivity contribution in [2.75, 3.05) is 5.32 Å². The number of amides is 1. The third kappa shape index (κ3) is 2.51. The molecule has 2 heterocycles. The number of para-hydroxylation sites is 2. The molecule has 0 aliphatic carbocycles. The molecule has 0 aliphatic rings. The van der Waals surface area contributed by atoms with Crippen molar-refractivity contribution < 1.29 is 4.79 Å². The molecule has 0 atom stereocenters. The zero-order valence-electron chi connectivity index (χ0n) is 14.3. The number of carbonyl (C=O) groups is 1. The minimum Gasteiger partial charge on any atom is -0.321 e. The summed E-state index contributed by atoms with van der Waals surface area (Å²) in [6, 6.07) is 7.51. The van der Waals surface area contributed by atoms with E-state index in [2.05, 4.69) is 10.4 Å². The highest BCUT2D eigenvalue weighted by Gasteiger charge is 2.17. The number of fused-ring (bicyclic) bond motifs is 1. The van der Waals surface area contributed by atoms with Crippen molar-refractivity contribution in [2.45, 2.75) is 33.9 Å². The van der Waals surface area contributed by atoms with Gasteiger partial charge in [0.1, 0.15) is 6.54 Å². The van der Waals surface area contributed by atoms with E-state index in [1.807, 2.05) is 52.1 Å². The van der Waals surface area contributed by atoms with E-state index < -0.39 is 0 Å². The van der Waals surface area contributed by atoms with Gasteiger partial charge in [-0.25, -0.2) is 4.79 Å². The van der Waals surface area contributed by atoms with Gasteiger partial charge in [0.2, 0.25) is 5.91 Å². The van der Waals surface area contributed by atoms with Gasteiger partial charge in [-0.2, -0.15) is 5.10 Å². The molecule has 24 heavy (non-hydrogen) atoms. The van der Waals surface area contributed by atoms with Crippen LogP contribution in [0.3, 0.4) is 0 Å². The van der Waals surface area contributed by atoms with Crippen molar-refractivity contribution in [1.29, 1.82) is 0 Å². The molecule has 1 N–H and O–H groups in total. The minimum atomic E-state index is -0.240. The first kappa shape index (κ1) is 16.0. The molecular weight excluding hydrogens is 306 g/mol. The van der Waals surface area contributed by atoms with Gasteiger partial charge in [0.15, 0.2) is 0 Å². The van der Waals surface area contributed by atoms with Crippen molar-refractivity contribution in [1.82, 2.24) is 18.9 Å². The number of anilines is 1. The molecule has 3 aromatic rings. The van der Waals surface area contributed by atoms with Crippen LogP contribution in [0.5, 0.6) is 0 Å². The van der Waals surface area contributed by atoms with Gasteiger partial charge in [0.05, 0.1) is 28.1 Å². The van der Waals surface area contributed by atoms with Crippen molar-refractivity contribution in [3.63, 3.8) is 0 Å². The third-order valence-electron chi connectivity index (χ3n) is 4.32. The summed E-state index contributed by atoms with van der Waals surface area (Å²) in [6.45, 7) is 6.19. The SMILES string of the molecule is CCn1c(=O)n(CC(=O)Nc2c(C)nn(C)c2C)c2ccccc21. The van der Waals surface area contributed by atoms with Crippen molar-refractivity contribution in [3.8, 4) is 0 Å². The summed E-state index contributed by atoms with van der Waals surface area (Å²) in [6.07, 6.45) is 0. The molecule has 2 aromatic heterocycles. The second-order valence-corrected chi connectivity index (χ2v) is 5.82. The summed E-state index contributed by atoms with van der Waals surface area (Å²) in [4.78, 5) is 25.0. The third-order valence-corrected chi connectivity index (χ3v) is 4.32. The van der Waals surface area contributed by atoms with E-state index in [1.54, 1.807) is 9.25 Å². The van der Waals surface area contributed by atoms with Crippen LogP contribution in [0.1, 0.15) is 18.3 Å². The Kier molecular flexibility index (Phi) is 4.01. The molecule has 0 spiro atoms. The Morgan fingerprint density at radius 1 is 1.17 bits per heavy atom. The summed E-state index contributed by atoms with van der Waals surface area (Å²) < 4.78 is 4.90. The smallest absolute Gasteiger partial charge is 0.321 e. The molecular formula is C17H21N5O2. The van der Waals surface area contributed by atoms with Crippen LogP contribution in [-0.2, 0) is 24.9 Å². The van der Waals surface area contributed by atoms with Crippen LogP contribution in [0.4, 0.5) is 5.69 Å². The number of nitrogens with zero attached hydrogens (tertiary/aromatic N) is 4. The standard InChI is InChI=1S/C17H21N5O2/c1-5-21-13-8-6-7-9-14(13)22(17(21)24)10-15(23)18-16-11(2)19-20(4)12(16)3/h6-9H,5,10H2,1-4H3,(H,18,23). The lowest BCUT2D eigenvalue weighted by Crippen LogP contribution is -2.29. The Balaban J connectivity index is 1.94. The monoisotopic (exact) mass is 327 g/mol. The van der Waals surface area contributed by atoms with E-state index in [0.717, 1.165) is 22.4 Å². The van der Waals surface area contributed by atoms with E-state index in [-0.39, 0.29) is 18.1 Å². The molecule has 0 aliphatic heterocycles. The number of carbonyl (C=O) groups excluding carboxylic acids is 1. The highest BCUT2D eigenvalue weighted by molar-refractivity contribution is 5.92. The fraction of sp³-hybridized carbons (Fsp3) is 0.353. The second kappa shape index (κ2) is 5.99. The summed E-state index contributed by atoms with van der Waals surface area (Å²) >= 11 is 0. The number of rotatable bonds is 4. The minimum absolute atomic E-state index is 0.0277. The Morgan fingerprint density at radius 2 is 1.79 bits per heavy atom. The molecule has 1 aromatic carbocycles. The van der Waals surface area contributed by atoms with E-state index in [0.29, 0.717) is 12.2 Å². The fourth-order valence-electron chi connectivity index (χ4n) is 3.01. The fourth-order valence-corrected chi connectivity index (χ4v) is 3.01. The van der Waals surface area contributed by atoms with Crippen LogP contribution in [0.25, 0.3) is 11.0 Å². The maximum Gasteiger partial charge on any atom is 0.329 e. The molecule has 7 nitrogen and oxygen atoms in total. The summed E-state index contributed by atoms with van der Waals surface area (Å²) in [7, 11) is 1.83. The number of nitrogens with one attached hydrogen (secondary N) is 1. The average Bonchev–Trinajstić information content (AvgIpc) is 2.96. The van der Waals surface area contributed by atoms with Crippen molar-refractivity contribution >= 4 is 22.6 Å². The number of benzene rings is 1. The highest BCUT2D eigenvalue weighted by Crippen LogP contribution is 2.18. The second-order valence-electron chi connectivity index (χ2n) is 5.82. The molecule has 7 heteroatoms. The van der Waals surface area contributed by atoms with Gasteiger partial charge >= 0.3 is 5.69 Å². The molecule has 126 valence electrons. The lowest BCUT2D eigenvalue weighted by molar-refractivity contribution is -0.116. The summed E-state index contributed by atoms with van der Waals surface area (Å²) in [5.74, 6) is -0.240. The van der Waals surface area contributed by atoms with Crippen LogP contribution in [0.2, 0.25) is 0 Å². The summed E-state index contributed by atoms with van der Waals surface area (Å²) in [5.41, 5.74) is 3.77. The molecule has 0 fully saturated rings. The summed E-state index contributed by atoms with van der Waals surface area (Å²) in [5, 5.41) is 7.16. The van der Waals surface area contributed by atoms with Gasteiger partial charge in [0, 0.05) is 13.6 Å². The van der Waals surface area contributed by atoms with Crippen molar-refractivity contribution in [2.24, 2.45) is 7.05 Å². The van der Waals surface area contributed by atoms with Gasteiger partial charge in [-0.1, -0.05) is 12.1 Å². The normalized spacial score (nSPS) is 11.2. The Bertz CT molecular complexity index is 977. The number of hydrogen-bond donors (Lipinski definition) is 1. The first-order valence-electron chi connectivity index (χ1n) is 7.92. The lowest BCUT2D eigenvalue weighted by Gasteiger charge is -2.06. The van der Waals surface area contributed by atoms with Gasteiger partial charge in [-0.15, -0.1) is 0 Å². The van der Waals surface area contributed by atoms with Crippen LogP contribution < -0.4 is 11.0 Å². The lowest BCUT2D eigenvalue weighted by atomic mass is 10.3. The zero-order valence-corrected chi connectivity index (χ0v) is 14.3. The van der Waals surface area contributed by atoms with Gasteiger partial charge in [-0.05, 0) is 32.9 Å². The largest absolute Gasteiger partial charge is 0.329 e.